The lowest BCUT2D eigenvalue weighted by Gasteiger charge is -2.33. The number of methoxy groups -OCH3 is 2. The average Bonchev–Trinajstić information content (AvgIpc) is 2.74. The van der Waals surface area contributed by atoms with E-state index in [1.807, 2.05) is 24.5 Å². The van der Waals surface area contributed by atoms with Crippen LogP contribution in [0.3, 0.4) is 0 Å². The van der Waals surface area contributed by atoms with E-state index in [1.165, 1.54) is 19.4 Å². The van der Waals surface area contributed by atoms with Crippen molar-refractivity contribution < 1.29 is 28.9 Å². The number of carboxylic acids is 1. The number of esters is 1. The van der Waals surface area contributed by atoms with Gasteiger partial charge < -0.3 is 23.9 Å². The van der Waals surface area contributed by atoms with Gasteiger partial charge in [-0.25, -0.2) is 9.59 Å². The normalized spacial score (nSPS) is 14.7. The van der Waals surface area contributed by atoms with Gasteiger partial charge in [0.2, 0.25) is 0 Å². The van der Waals surface area contributed by atoms with E-state index in [-0.39, 0.29) is 23.1 Å². The molecule has 3 rings (SSSR count). The summed E-state index contributed by atoms with van der Waals surface area (Å²) >= 11 is 0. The van der Waals surface area contributed by atoms with E-state index in [2.05, 4.69) is 0 Å². The van der Waals surface area contributed by atoms with Crippen LogP contribution in [0, 0.1) is 5.92 Å². The Morgan fingerprint density at radius 3 is 2.52 bits per heavy atom. The number of aromatic nitrogens is 1. The van der Waals surface area contributed by atoms with Gasteiger partial charge in [-0.05, 0) is 30.0 Å². The molecule has 0 amide bonds. The second-order valence-corrected chi connectivity index (χ2v) is 7.86. The van der Waals surface area contributed by atoms with Crippen LogP contribution in [0.4, 0.5) is 0 Å². The summed E-state index contributed by atoms with van der Waals surface area (Å²) < 4.78 is 17.7. The van der Waals surface area contributed by atoms with Gasteiger partial charge in [0.15, 0.2) is 5.43 Å². The van der Waals surface area contributed by atoms with Crippen LogP contribution in [-0.2, 0) is 15.9 Å². The Morgan fingerprint density at radius 2 is 1.90 bits per heavy atom. The monoisotopic (exact) mass is 429 g/mol. The van der Waals surface area contributed by atoms with E-state index in [9.17, 15) is 19.5 Å². The number of hydrogen-bond acceptors (Lipinski definition) is 6. The molecule has 0 aliphatic carbocycles. The first-order valence-electron chi connectivity index (χ1n) is 10.1. The molecule has 31 heavy (non-hydrogen) atoms. The second kappa shape index (κ2) is 9.34. The number of aromatic carboxylic acids is 1. The van der Waals surface area contributed by atoms with E-state index in [1.54, 1.807) is 13.2 Å². The van der Waals surface area contributed by atoms with Crippen LogP contribution in [0.25, 0.3) is 11.3 Å². The van der Waals surface area contributed by atoms with E-state index in [4.69, 9.17) is 14.2 Å². The first-order valence-corrected chi connectivity index (χ1v) is 10.1. The Hall–Kier alpha value is -3.13. The van der Waals surface area contributed by atoms with Gasteiger partial charge in [-0.15, -0.1) is 0 Å². The highest BCUT2D eigenvalue weighted by Gasteiger charge is 2.30. The highest BCUT2D eigenvalue weighted by Crippen LogP contribution is 2.40. The average molecular weight is 429 g/mol. The van der Waals surface area contributed by atoms with Gasteiger partial charge in [0.25, 0.3) is 0 Å². The van der Waals surface area contributed by atoms with Crippen molar-refractivity contribution in [1.82, 2.24) is 4.57 Å². The van der Waals surface area contributed by atoms with Crippen molar-refractivity contribution >= 4 is 11.9 Å². The summed E-state index contributed by atoms with van der Waals surface area (Å²) in [5.74, 6) is -1.21. The Balaban J connectivity index is 2.17. The molecule has 1 aliphatic rings. The molecule has 1 unspecified atom stereocenters. The van der Waals surface area contributed by atoms with E-state index in [0.717, 1.165) is 5.56 Å². The van der Waals surface area contributed by atoms with Crippen molar-refractivity contribution in [2.75, 3.05) is 27.4 Å². The van der Waals surface area contributed by atoms with Gasteiger partial charge in [-0.1, -0.05) is 13.8 Å². The molecule has 2 heterocycles. The molecule has 166 valence electrons. The van der Waals surface area contributed by atoms with Gasteiger partial charge in [0.05, 0.1) is 19.4 Å². The summed E-state index contributed by atoms with van der Waals surface area (Å²) in [5, 5.41) is 9.39. The van der Waals surface area contributed by atoms with Gasteiger partial charge >= 0.3 is 11.9 Å². The van der Waals surface area contributed by atoms with E-state index in [0.29, 0.717) is 43.1 Å². The maximum Gasteiger partial charge on any atom is 0.341 e. The lowest BCUT2D eigenvalue weighted by Crippen LogP contribution is -2.28. The van der Waals surface area contributed by atoms with Crippen molar-refractivity contribution in [3.8, 4) is 17.0 Å². The fourth-order valence-corrected chi connectivity index (χ4v) is 3.88. The highest BCUT2D eigenvalue weighted by atomic mass is 16.5. The summed E-state index contributed by atoms with van der Waals surface area (Å²) in [7, 11) is 2.91. The zero-order chi connectivity index (χ0) is 22.7. The van der Waals surface area contributed by atoms with Crippen molar-refractivity contribution in [2.45, 2.75) is 32.7 Å². The van der Waals surface area contributed by atoms with Crippen LogP contribution in [0.5, 0.6) is 5.75 Å². The Labute approximate surface area is 180 Å². The molecule has 0 saturated heterocycles. The number of ether oxygens (including phenoxy) is 3. The fraction of sp³-hybridized carbons (Fsp3) is 0.435. The molecule has 1 aromatic carbocycles. The fourth-order valence-electron chi connectivity index (χ4n) is 3.88. The molecule has 0 radical (unpaired) electrons. The minimum atomic E-state index is -1.26. The number of fused-ring (bicyclic) bond motifs is 3. The van der Waals surface area contributed by atoms with Crippen LogP contribution >= 0.6 is 0 Å². The number of benzene rings is 1. The molecule has 1 atom stereocenters. The predicted octanol–water partition coefficient (Wildman–Crippen LogP) is 3.17. The molecule has 2 aromatic rings. The number of pyridine rings is 1. The number of hydrogen-bond donors (Lipinski definition) is 1. The summed E-state index contributed by atoms with van der Waals surface area (Å²) in [6, 6.07) is 4.76. The largest absolute Gasteiger partial charge is 0.493 e. The van der Waals surface area contributed by atoms with Crippen LogP contribution in [0.1, 0.15) is 52.6 Å². The number of carbonyl (C=O) groups excluding carboxylic acids is 1. The van der Waals surface area contributed by atoms with Crippen LogP contribution in [-0.4, -0.2) is 49.0 Å². The molecule has 1 aliphatic heterocycles. The van der Waals surface area contributed by atoms with Gasteiger partial charge in [-0.3, -0.25) is 4.79 Å². The molecule has 8 heteroatoms. The summed E-state index contributed by atoms with van der Waals surface area (Å²) in [6.07, 6.45) is 2.68. The lowest BCUT2D eigenvalue weighted by atomic mass is 9.86. The zero-order valence-corrected chi connectivity index (χ0v) is 18.1. The quantitative estimate of drug-likeness (QED) is 0.508. The first kappa shape index (κ1) is 22.6. The molecule has 0 bridgehead atoms. The van der Waals surface area contributed by atoms with Crippen molar-refractivity contribution in [1.29, 1.82) is 0 Å². The summed E-state index contributed by atoms with van der Waals surface area (Å²) in [6.45, 7) is 5.00. The van der Waals surface area contributed by atoms with Gasteiger partial charge in [-0.2, -0.15) is 0 Å². The van der Waals surface area contributed by atoms with Crippen LogP contribution < -0.4 is 10.2 Å². The smallest absolute Gasteiger partial charge is 0.341 e. The number of rotatable bonds is 8. The minimum absolute atomic E-state index is 0.0495. The topological polar surface area (TPSA) is 104 Å². The molecule has 0 saturated carbocycles. The third-order valence-electron chi connectivity index (χ3n) is 5.50. The Kier molecular flexibility index (Phi) is 6.80. The highest BCUT2D eigenvalue weighted by molar-refractivity contribution is 5.95. The van der Waals surface area contributed by atoms with Gasteiger partial charge in [0, 0.05) is 44.0 Å². The third-order valence-corrected chi connectivity index (χ3v) is 5.50. The number of nitrogens with zero attached hydrogens (tertiary/aromatic N) is 1. The van der Waals surface area contributed by atoms with Gasteiger partial charge in [0.1, 0.15) is 16.9 Å². The Bertz CT molecular complexity index is 1050. The molecule has 1 N–H and O–H groups in total. The molecular formula is C23H27NO7. The second-order valence-electron chi connectivity index (χ2n) is 7.86. The number of carbonyl (C=O) groups is 2. The SMILES string of the molecule is COCCCOc1cc2c(cc1C(=O)OC)-c1cc(=O)c(C(=O)O)cn1C(C(C)C)C2. The Morgan fingerprint density at radius 1 is 1.16 bits per heavy atom. The summed E-state index contributed by atoms with van der Waals surface area (Å²) in [4.78, 5) is 36.4. The zero-order valence-electron chi connectivity index (χ0n) is 18.1. The predicted molar refractivity (Wildman–Crippen MR) is 114 cm³/mol. The van der Waals surface area contributed by atoms with Crippen molar-refractivity contribution in [3.63, 3.8) is 0 Å². The van der Waals surface area contributed by atoms with Crippen LogP contribution in [0.15, 0.2) is 29.2 Å². The first-order chi connectivity index (χ1) is 14.8. The third kappa shape index (κ3) is 4.49. The minimum Gasteiger partial charge on any atom is -0.493 e. The molecule has 0 fully saturated rings. The standard InChI is InChI=1S/C23H27NO7/c1-13(2)18-8-14-9-21(31-7-5-6-29-3)16(23(28)30-4)10-15(14)19-11-20(25)17(22(26)27)12-24(18)19/h9-13,18H,5-8H2,1-4H3,(H,26,27). The van der Waals surface area contributed by atoms with Crippen molar-refractivity contribution in [2.24, 2.45) is 5.92 Å². The molecule has 1 aromatic heterocycles. The maximum atomic E-state index is 12.4. The van der Waals surface area contributed by atoms with E-state index < -0.39 is 17.4 Å². The molecular weight excluding hydrogens is 402 g/mol. The number of carboxylic acid groups (broad SMARTS) is 1. The van der Waals surface area contributed by atoms with Crippen LogP contribution in [0.2, 0.25) is 0 Å². The molecule has 0 spiro atoms. The lowest BCUT2D eigenvalue weighted by molar-refractivity contribution is 0.0594. The molecule has 8 nitrogen and oxygen atoms in total. The van der Waals surface area contributed by atoms with Crippen molar-refractivity contribution in [3.05, 3.63) is 51.3 Å². The van der Waals surface area contributed by atoms with E-state index >= 15 is 0 Å². The summed E-state index contributed by atoms with van der Waals surface area (Å²) in [5.41, 5.74) is 1.60. The maximum absolute atomic E-state index is 12.4.